The highest BCUT2D eigenvalue weighted by molar-refractivity contribution is 5.80. The quantitative estimate of drug-likeness (QED) is 0.158. The summed E-state index contributed by atoms with van der Waals surface area (Å²) in [5.41, 5.74) is 1.31. The lowest BCUT2D eigenvalue weighted by Crippen LogP contribution is -2.34. The number of unbranched alkanes of at least 4 members (excludes halogenated alkanes) is 10. The molecule has 1 aromatic rings. The van der Waals surface area contributed by atoms with E-state index in [1.165, 1.54) is 51.4 Å². The zero-order chi connectivity index (χ0) is 24.7. The fourth-order valence-corrected chi connectivity index (χ4v) is 4.12. The first kappa shape index (κ1) is 28.6. The molecule has 34 heavy (non-hydrogen) atoms. The number of ether oxygens (including phenoxy) is 4. The van der Waals surface area contributed by atoms with E-state index in [0.29, 0.717) is 43.5 Å². The van der Waals surface area contributed by atoms with Crippen molar-refractivity contribution in [2.75, 3.05) is 26.4 Å². The predicted octanol–water partition coefficient (Wildman–Crippen LogP) is 8.05. The Hall–Kier alpha value is -1.59. The molecule has 0 radical (unpaired) electrons. The van der Waals surface area contributed by atoms with Crippen molar-refractivity contribution in [2.24, 2.45) is 5.41 Å². The smallest absolute Gasteiger partial charge is 0.187 e. The molecule has 1 aliphatic heterocycles. The second-order valence-electron chi connectivity index (χ2n) is 10.4. The van der Waals surface area contributed by atoms with Crippen LogP contribution < -0.4 is 9.47 Å². The summed E-state index contributed by atoms with van der Waals surface area (Å²) in [6.07, 6.45) is 14.7. The maximum Gasteiger partial charge on any atom is 0.187 e. The third-order valence-electron chi connectivity index (χ3n) is 6.28. The van der Waals surface area contributed by atoms with E-state index < -0.39 is 6.29 Å². The Bertz CT molecular complexity index is 690. The van der Waals surface area contributed by atoms with Crippen LogP contribution in [-0.2, 0) is 9.47 Å². The standard InChI is InChI=1S/C29H48O5/c1-5-7-9-11-13-15-17-31-26-20-25(28-33-22-29(3,4)23-34-28)27(19-24(26)21-30)32-18-16-14-12-10-8-6-2/h19-21,28H,5-18,22-23H2,1-4H3. The molecule has 0 unspecified atom stereocenters. The van der Waals surface area contributed by atoms with Gasteiger partial charge in [0, 0.05) is 5.41 Å². The molecule has 0 amide bonds. The number of hydrogen-bond donors (Lipinski definition) is 0. The normalized spacial score (nSPS) is 15.9. The first-order valence-electron chi connectivity index (χ1n) is 13.6. The highest BCUT2D eigenvalue weighted by Gasteiger charge is 2.31. The van der Waals surface area contributed by atoms with Crippen molar-refractivity contribution >= 4 is 6.29 Å². The molecule has 1 fully saturated rings. The van der Waals surface area contributed by atoms with Crippen molar-refractivity contribution < 1.29 is 23.7 Å². The van der Waals surface area contributed by atoms with Crippen LogP contribution >= 0.6 is 0 Å². The highest BCUT2D eigenvalue weighted by Crippen LogP contribution is 2.39. The van der Waals surface area contributed by atoms with Crippen molar-refractivity contribution in [3.8, 4) is 11.5 Å². The van der Waals surface area contributed by atoms with E-state index in [9.17, 15) is 4.79 Å². The summed E-state index contributed by atoms with van der Waals surface area (Å²) in [5, 5.41) is 0. The molecule has 0 N–H and O–H groups in total. The van der Waals surface area contributed by atoms with Crippen LogP contribution in [0.15, 0.2) is 12.1 Å². The van der Waals surface area contributed by atoms with Crippen molar-refractivity contribution in [3.63, 3.8) is 0 Å². The summed E-state index contributed by atoms with van der Waals surface area (Å²) in [5.74, 6) is 1.25. The van der Waals surface area contributed by atoms with Crippen LogP contribution in [0.5, 0.6) is 11.5 Å². The minimum atomic E-state index is -0.510. The van der Waals surface area contributed by atoms with E-state index in [0.717, 1.165) is 37.5 Å². The lowest BCUT2D eigenvalue weighted by Gasteiger charge is -2.35. The summed E-state index contributed by atoms with van der Waals surface area (Å²) in [4.78, 5) is 11.8. The van der Waals surface area contributed by atoms with Gasteiger partial charge in [0.05, 0.1) is 37.6 Å². The van der Waals surface area contributed by atoms with Crippen LogP contribution in [0.25, 0.3) is 0 Å². The van der Waals surface area contributed by atoms with Gasteiger partial charge in [0.1, 0.15) is 11.5 Å². The molecule has 0 aliphatic carbocycles. The molecule has 5 nitrogen and oxygen atoms in total. The van der Waals surface area contributed by atoms with Crippen molar-refractivity contribution in [2.45, 2.75) is 111 Å². The molecule has 0 atom stereocenters. The van der Waals surface area contributed by atoms with Crippen LogP contribution in [0.3, 0.4) is 0 Å². The second kappa shape index (κ2) is 16.1. The summed E-state index contributed by atoms with van der Waals surface area (Å²) < 4.78 is 24.3. The zero-order valence-electron chi connectivity index (χ0n) is 22.2. The second-order valence-corrected chi connectivity index (χ2v) is 10.4. The predicted molar refractivity (Wildman–Crippen MR) is 138 cm³/mol. The molecule has 0 aromatic heterocycles. The van der Waals surface area contributed by atoms with Crippen LogP contribution in [-0.4, -0.2) is 32.7 Å². The molecule has 2 rings (SSSR count). The van der Waals surface area contributed by atoms with Gasteiger partial charge in [-0.3, -0.25) is 4.79 Å². The molecule has 1 aliphatic rings. The Morgan fingerprint density at radius 1 is 0.794 bits per heavy atom. The number of aldehydes is 1. The number of carbonyl (C=O) groups excluding carboxylic acids is 1. The molecule has 194 valence electrons. The molecule has 1 saturated heterocycles. The third kappa shape index (κ3) is 10.4. The fourth-order valence-electron chi connectivity index (χ4n) is 4.12. The monoisotopic (exact) mass is 476 g/mol. The fraction of sp³-hybridized carbons (Fsp3) is 0.759. The summed E-state index contributed by atoms with van der Waals surface area (Å²) in [7, 11) is 0. The first-order chi connectivity index (χ1) is 16.5. The highest BCUT2D eigenvalue weighted by atomic mass is 16.7. The Balaban J connectivity index is 2.03. The molecule has 1 aromatic carbocycles. The Kier molecular flexibility index (Phi) is 13.6. The van der Waals surface area contributed by atoms with Gasteiger partial charge in [0.25, 0.3) is 0 Å². The number of hydrogen-bond acceptors (Lipinski definition) is 5. The van der Waals surface area contributed by atoms with Gasteiger partial charge in [-0.1, -0.05) is 91.9 Å². The Morgan fingerprint density at radius 3 is 1.82 bits per heavy atom. The summed E-state index contributed by atoms with van der Waals surface area (Å²) in [6, 6.07) is 3.68. The molecule has 1 heterocycles. The SMILES string of the molecule is CCCCCCCCOc1cc(C2OCC(C)(C)CO2)c(OCCCCCCCC)cc1C=O. The maximum atomic E-state index is 11.8. The van der Waals surface area contributed by atoms with Crippen molar-refractivity contribution in [3.05, 3.63) is 23.3 Å². The van der Waals surface area contributed by atoms with E-state index in [2.05, 4.69) is 27.7 Å². The van der Waals surface area contributed by atoms with Gasteiger partial charge < -0.3 is 18.9 Å². The van der Waals surface area contributed by atoms with E-state index in [4.69, 9.17) is 18.9 Å². The summed E-state index contributed by atoms with van der Waals surface area (Å²) in [6.45, 7) is 11.1. The minimum absolute atomic E-state index is 0.0180. The molecule has 0 saturated carbocycles. The molecule has 0 spiro atoms. The minimum Gasteiger partial charge on any atom is -0.493 e. The number of carbonyl (C=O) groups is 1. The molecular weight excluding hydrogens is 428 g/mol. The topological polar surface area (TPSA) is 54.0 Å². The Labute approximate surface area is 207 Å². The van der Waals surface area contributed by atoms with E-state index in [-0.39, 0.29) is 5.41 Å². The number of rotatable bonds is 18. The van der Waals surface area contributed by atoms with Gasteiger partial charge in [-0.2, -0.15) is 0 Å². The lowest BCUT2D eigenvalue weighted by molar-refractivity contribution is -0.226. The third-order valence-corrected chi connectivity index (χ3v) is 6.28. The molecule has 0 bridgehead atoms. The van der Waals surface area contributed by atoms with E-state index >= 15 is 0 Å². The van der Waals surface area contributed by atoms with Gasteiger partial charge in [0.15, 0.2) is 12.6 Å². The van der Waals surface area contributed by atoms with Crippen LogP contribution in [0.2, 0.25) is 0 Å². The largest absolute Gasteiger partial charge is 0.493 e. The van der Waals surface area contributed by atoms with E-state index in [1.54, 1.807) is 6.07 Å². The van der Waals surface area contributed by atoms with Crippen LogP contribution in [0, 0.1) is 5.41 Å². The lowest BCUT2D eigenvalue weighted by atomic mass is 9.95. The van der Waals surface area contributed by atoms with Gasteiger partial charge in [-0.25, -0.2) is 0 Å². The Morgan fingerprint density at radius 2 is 1.29 bits per heavy atom. The van der Waals surface area contributed by atoms with Crippen LogP contribution in [0.4, 0.5) is 0 Å². The molecular formula is C29H48O5. The average Bonchev–Trinajstić information content (AvgIpc) is 2.83. The van der Waals surface area contributed by atoms with Gasteiger partial charge >= 0.3 is 0 Å². The number of benzene rings is 1. The average molecular weight is 477 g/mol. The van der Waals surface area contributed by atoms with E-state index in [1.807, 2.05) is 6.07 Å². The first-order valence-corrected chi connectivity index (χ1v) is 13.6. The van der Waals surface area contributed by atoms with Gasteiger partial charge in [-0.05, 0) is 25.0 Å². The zero-order valence-corrected chi connectivity index (χ0v) is 22.2. The van der Waals surface area contributed by atoms with Crippen LogP contribution in [0.1, 0.15) is 127 Å². The molecule has 5 heteroatoms. The van der Waals surface area contributed by atoms with Gasteiger partial charge in [-0.15, -0.1) is 0 Å². The van der Waals surface area contributed by atoms with Crippen molar-refractivity contribution in [1.82, 2.24) is 0 Å². The van der Waals surface area contributed by atoms with Gasteiger partial charge in [0.2, 0.25) is 0 Å². The maximum absolute atomic E-state index is 11.8. The van der Waals surface area contributed by atoms with Crippen molar-refractivity contribution in [1.29, 1.82) is 0 Å². The summed E-state index contributed by atoms with van der Waals surface area (Å²) >= 11 is 0.